The number of rotatable bonds is 4. The van der Waals surface area contributed by atoms with Gasteiger partial charge in [-0.1, -0.05) is 5.16 Å². The van der Waals surface area contributed by atoms with E-state index in [2.05, 4.69) is 20.2 Å². The van der Waals surface area contributed by atoms with Crippen LogP contribution in [0.1, 0.15) is 24.6 Å². The molecule has 1 fully saturated rings. The van der Waals surface area contributed by atoms with Gasteiger partial charge in [0.2, 0.25) is 15.9 Å². The summed E-state index contributed by atoms with van der Waals surface area (Å²) in [5.41, 5.74) is 0. The number of hydrogen-bond donors (Lipinski definition) is 2. The van der Waals surface area contributed by atoms with E-state index < -0.39 is 10.0 Å². The van der Waals surface area contributed by atoms with Crippen LogP contribution in [0.2, 0.25) is 0 Å². The third-order valence-electron chi connectivity index (χ3n) is 2.73. The smallest absolute Gasteiger partial charge is 0.223 e. The van der Waals surface area contributed by atoms with Crippen LogP contribution in [0.15, 0.2) is 4.52 Å². The van der Waals surface area contributed by atoms with Gasteiger partial charge in [0.1, 0.15) is 0 Å². The first-order valence-corrected chi connectivity index (χ1v) is 7.11. The third-order valence-corrected chi connectivity index (χ3v) is 4.62. The molecule has 8 heteroatoms. The second-order valence-corrected chi connectivity index (χ2v) is 6.09. The van der Waals surface area contributed by atoms with Crippen molar-refractivity contribution < 1.29 is 12.9 Å². The van der Waals surface area contributed by atoms with E-state index in [1.165, 1.54) is 0 Å². The first kappa shape index (κ1) is 12.5. The molecule has 1 aliphatic rings. The number of nitrogens with zero attached hydrogens (tertiary/aromatic N) is 2. The van der Waals surface area contributed by atoms with E-state index in [1.807, 2.05) is 0 Å². The van der Waals surface area contributed by atoms with Gasteiger partial charge < -0.3 is 9.84 Å². The molecule has 96 valence electrons. The first-order valence-electron chi connectivity index (χ1n) is 5.56. The van der Waals surface area contributed by atoms with Gasteiger partial charge in [0.25, 0.3) is 0 Å². The molecule has 1 saturated heterocycles. The maximum absolute atomic E-state index is 11.9. The van der Waals surface area contributed by atoms with Gasteiger partial charge in [0.15, 0.2) is 5.82 Å². The zero-order valence-electron chi connectivity index (χ0n) is 9.64. The van der Waals surface area contributed by atoms with Crippen molar-refractivity contribution in [2.45, 2.75) is 31.6 Å². The van der Waals surface area contributed by atoms with E-state index in [-0.39, 0.29) is 11.8 Å². The Balaban J connectivity index is 1.92. The highest BCUT2D eigenvalue weighted by atomic mass is 32.2. The minimum Gasteiger partial charge on any atom is -0.340 e. The molecule has 0 spiro atoms. The van der Waals surface area contributed by atoms with Crippen molar-refractivity contribution in [2.24, 2.45) is 0 Å². The molecule has 0 amide bonds. The fourth-order valence-electron chi connectivity index (χ4n) is 1.80. The molecule has 2 heterocycles. The van der Waals surface area contributed by atoms with Crippen LogP contribution in [0.4, 0.5) is 0 Å². The van der Waals surface area contributed by atoms with Crippen LogP contribution in [0.25, 0.3) is 0 Å². The second kappa shape index (κ2) is 5.11. The molecule has 0 aromatic carbocycles. The highest BCUT2D eigenvalue weighted by Gasteiger charge is 2.26. The zero-order chi connectivity index (χ0) is 12.3. The molecule has 2 rings (SSSR count). The predicted molar refractivity (Wildman–Crippen MR) is 60.7 cm³/mol. The van der Waals surface area contributed by atoms with Crippen LogP contribution in [0.3, 0.4) is 0 Å². The summed E-state index contributed by atoms with van der Waals surface area (Å²) < 4.78 is 31.2. The van der Waals surface area contributed by atoms with Crippen LogP contribution in [0.5, 0.6) is 0 Å². The molecule has 2 N–H and O–H groups in total. The largest absolute Gasteiger partial charge is 0.340 e. The van der Waals surface area contributed by atoms with Gasteiger partial charge in [-0.15, -0.1) is 0 Å². The summed E-state index contributed by atoms with van der Waals surface area (Å²) in [7, 11) is -3.28. The van der Waals surface area contributed by atoms with Gasteiger partial charge in [0, 0.05) is 6.92 Å². The second-order valence-electron chi connectivity index (χ2n) is 4.05. The fraction of sp³-hybridized carbons (Fsp3) is 0.778. The maximum Gasteiger partial charge on any atom is 0.223 e. The lowest BCUT2D eigenvalue weighted by atomic mass is 10.2. The van der Waals surface area contributed by atoms with Crippen molar-refractivity contribution in [2.75, 3.05) is 13.1 Å². The summed E-state index contributed by atoms with van der Waals surface area (Å²) in [4.78, 5) is 3.94. The van der Waals surface area contributed by atoms with Crippen molar-refractivity contribution in [1.29, 1.82) is 0 Å². The minimum atomic E-state index is -3.28. The Morgan fingerprint density at radius 3 is 2.76 bits per heavy atom. The summed E-state index contributed by atoms with van der Waals surface area (Å²) in [6.45, 7) is 3.24. The van der Waals surface area contributed by atoms with Gasteiger partial charge >= 0.3 is 0 Å². The highest BCUT2D eigenvalue weighted by molar-refractivity contribution is 7.90. The zero-order valence-corrected chi connectivity index (χ0v) is 10.5. The van der Waals surface area contributed by atoms with Crippen molar-refractivity contribution >= 4 is 10.0 Å². The summed E-state index contributed by atoms with van der Waals surface area (Å²) in [6.07, 6.45) is 1.28. The van der Waals surface area contributed by atoms with Gasteiger partial charge in [-0.3, -0.25) is 0 Å². The van der Waals surface area contributed by atoms with E-state index in [0.29, 0.717) is 24.6 Å². The number of nitrogens with one attached hydrogen (secondary N) is 2. The predicted octanol–water partition coefficient (Wildman–Crippen LogP) is -0.451. The molecule has 0 atom stereocenters. The van der Waals surface area contributed by atoms with Crippen LogP contribution in [-0.2, 0) is 16.6 Å². The molecule has 0 saturated carbocycles. The molecule has 1 aromatic heterocycles. The highest BCUT2D eigenvalue weighted by Crippen LogP contribution is 2.12. The average Bonchev–Trinajstić information content (AvgIpc) is 2.74. The van der Waals surface area contributed by atoms with Crippen LogP contribution in [-0.4, -0.2) is 36.9 Å². The molecule has 0 aliphatic carbocycles. The lowest BCUT2D eigenvalue weighted by Gasteiger charge is -2.22. The third kappa shape index (κ3) is 3.24. The molecule has 1 aliphatic heterocycles. The molecule has 0 unspecified atom stereocenters. The van der Waals surface area contributed by atoms with Crippen molar-refractivity contribution in [1.82, 2.24) is 20.2 Å². The van der Waals surface area contributed by atoms with E-state index in [1.54, 1.807) is 6.92 Å². The van der Waals surface area contributed by atoms with Crippen LogP contribution in [0, 0.1) is 6.92 Å². The number of aryl methyl sites for hydroxylation is 1. The average molecular weight is 260 g/mol. The Bertz CT molecular complexity index is 464. The lowest BCUT2D eigenvalue weighted by Crippen LogP contribution is -2.41. The van der Waals surface area contributed by atoms with E-state index in [0.717, 1.165) is 13.1 Å². The molecule has 1 aromatic rings. The Hall–Kier alpha value is -0.990. The quantitative estimate of drug-likeness (QED) is 0.761. The standard InChI is InChI=1S/C9H16N4O3S/c1-7-12-9(13-16-7)6-11-17(14,15)8-2-4-10-5-3-8/h8,10-11H,2-6H2,1H3. The Kier molecular flexibility index (Phi) is 3.75. The molecular formula is C9H16N4O3S. The normalized spacial score (nSPS) is 18.4. The monoisotopic (exact) mass is 260 g/mol. The van der Waals surface area contributed by atoms with Gasteiger partial charge in [0.05, 0.1) is 11.8 Å². The van der Waals surface area contributed by atoms with E-state index in [4.69, 9.17) is 4.52 Å². The molecule has 0 radical (unpaired) electrons. The Morgan fingerprint density at radius 2 is 2.18 bits per heavy atom. The van der Waals surface area contributed by atoms with Crippen molar-refractivity contribution in [3.8, 4) is 0 Å². The summed E-state index contributed by atoms with van der Waals surface area (Å²) in [5.74, 6) is 0.793. The summed E-state index contributed by atoms with van der Waals surface area (Å²) >= 11 is 0. The summed E-state index contributed by atoms with van der Waals surface area (Å²) in [5, 5.41) is 6.45. The van der Waals surface area contributed by atoms with Gasteiger partial charge in [-0.2, -0.15) is 4.98 Å². The van der Waals surface area contributed by atoms with Crippen molar-refractivity contribution in [3.05, 3.63) is 11.7 Å². The Morgan fingerprint density at radius 1 is 1.47 bits per heavy atom. The lowest BCUT2D eigenvalue weighted by molar-refractivity contribution is 0.386. The fourth-order valence-corrected chi connectivity index (χ4v) is 3.22. The SMILES string of the molecule is Cc1nc(CNS(=O)(=O)C2CCNCC2)no1. The van der Waals surface area contributed by atoms with Crippen molar-refractivity contribution in [3.63, 3.8) is 0 Å². The summed E-state index contributed by atoms with van der Waals surface area (Å²) in [6, 6.07) is 0. The van der Waals surface area contributed by atoms with E-state index >= 15 is 0 Å². The molecular weight excluding hydrogens is 244 g/mol. The minimum absolute atomic E-state index is 0.0869. The maximum atomic E-state index is 11.9. The Labute approximate surface area is 100 Å². The van der Waals surface area contributed by atoms with Gasteiger partial charge in [-0.05, 0) is 25.9 Å². The number of sulfonamides is 1. The van der Waals surface area contributed by atoms with Crippen LogP contribution < -0.4 is 10.0 Å². The first-order chi connectivity index (χ1) is 8.08. The number of aromatic nitrogens is 2. The molecule has 17 heavy (non-hydrogen) atoms. The molecule has 7 nitrogen and oxygen atoms in total. The van der Waals surface area contributed by atoms with Crippen LogP contribution >= 0.6 is 0 Å². The number of hydrogen-bond acceptors (Lipinski definition) is 6. The number of piperidine rings is 1. The van der Waals surface area contributed by atoms with Gasteiger partial charge in [-0.25, -0.2) is 13.1 Å². The topological polar surface area (TPSA) is 97.1 Å². The van der Waals surface area contributed by atoms with E-state index in [9.17, 15) is 8.42 Å². The molecule has 0 bridgehead atoms.